The molecule has 2 aliphatic rings. The first-order valence-corrected chi connectivity index (χ1v) is 10.9. The van der Waals surface area contributed by atoms with E-state index in [-0.39, 0.29) is 18.4 Å². The summed E-state index contributed by atoms with van der Waals surface area (Å²) < 4.78 is 13.1. The van der Waals surface area contributed by atoms with Crippen molar-refractivity contribution in [2.45, 2.75) is 25.4 Å². The molecule has 6 rings (SSSR count). The second-order valence-corrected chi connectivity index (χ2v) is 8.13. The van der Waals surface area contributed by atoms with Crippen molar-refractivity contribution in [2.24, 2.45) is 0 Å². The summed E-state index contributed by atoms with van der Waals surface area (Å²) in [6.07, 6.45) is 3.85. The Morgan fingerprint density at radius 3 is 2.85 bits per heavy atom. The van der Waals surface area contributed by atoms with Gasteiger partial charge in [0.05, 0.1) is 11.4 Å². The number of ether oxygens (including phenoxy) is 2. The molecule has 9 heteroatoms. The number of hydrogen-bond acceptors (Lipinski definition) is 7. The topological polar surface area (TPSA) is 98.2 Å². The molecule has 0 bridgehead atoms. The van der Waals surface area contributed by atoms with E-state index in [1.165, 1.54) is 0 Å². The quantitative estimate of drug-likeness (QED) is 0.473. The molecule has 0 saturated carbocycles. The van der Waals surface area contributed by atoms with Crippen LogP contribution in [0.25, 0.3) is 22.3 Å². The molecule has 2 aliphatic heterocycles. The minimum atomic E-state index is -0.230. The van der Waals surface area contributed by atoms with Gasteiger partial charge in [-0.3, -0.25) is 9.36 Å². The van der Waals surface area contributed by atoms with Crippen LogP contribution in [-0.2, 0) is 6.54 Å². The average Bonchev–Trinajstić information content (AvgIpc) is 3.59. The van der Waals surface area contributed by atoms with Crippen LogP contribution in [0.5, 0.6) is 11.5 Å². The summed E-state index contributed by atoms with van der Waals surface area (Å²) in [5.74, 6) is 2.89. The van der Waals surface area contributed by atoms with Gasteiger partial charge in [-0.05, 0) is 36.6 Å². The third-order valence-corrected chi connectivity index (χ3v) is 6.24. The number of aromatic amines is 1. The Bertz CT molecular complexity index is 1430. The highest BCUT2D eigenvalue weighted by atomic mass is 16.7. The highest BCUT2D eigenvalue weighted by Gasteiger charge is 2.32. The molecule has 166 valence electrons. The van der Waals surface area contributed by atoms with Gasteiger partial charge in [0.2, 0.25) is 12.7 Å². The van der Waals surface area contributed by atoms with E-state index >= 15 is 0 Å². The van der Waals surface area contributed by atoms with E-state index < -0.39 is 0 Å². The van der Waals surface area contributed by atoms with Gasteiger partial charge in [0, 0.05) is 18.5 Å². The number of benzene rings is 2. The maximum Gasteiger partial charge on any atom is 0.272 e. The molecule has 9 nitrogen and oxygen atoms in total. The number of nitrogens with one attached hydrogen (secondary N) is 1. The zero-order chi connectivity index (χ0) is 22.4. The zero-order valence-electron chi connectivity index (χ0n) is 17.9. The molecule has 33 heavy (non-hydrogen) atoms. The van der Waals surface area contributed by atoms with Crippen molar-refractivity contribution in [1.29, 1.82) is 0 Å². The van der Waals surface area contributed by atoms with Crippen molar-refractivity contribution in [3.05, 3.63) is 71.0 Å². The highest BCUT2D eigenvalue weighted by molar-refractivity contribution is 5.92. The van der Waals surface area contributed by atoms with E-state index in [9.17, 15) is 4.79 Å². The van der Waals surface area contributed by atoms with Gasteiger partial charge in [-0.25, -0.2) is 5.10 Å². The Morgan fingerprint density at radius 2 is 1.97 bits per heavy atom. The molecule has 0 radical (unpaired) electrons. The zero-order valence-corrected chi connectivity index (χ0v) is 17.9. The summed E-state index contributed by atoms with van der Waals surface area (Å²) in [4.78, 5) is 14.5. The van der Waals surface area contributed by atoms with Crippen LogP contribution in [0.4, 0.5) is 5.95 Å². The molecule has 1 fully saturated rings. The van der Waals surface area contributed by atoms with Crippen molar-refractivity contribution in [1.82, 2.24) is 25.0 Å². The second-order valence-electron chi connectivity index (χ2n) is 8.13. The lowest BCUT2D eigenvalue weighted by Gasteiger charge is -2.26. The Labute approximate surface area is 189 Å². The van der Waals surface area contributed by atoms with Crippen LogP contribution in [0.3, 0.4) is 0 Å². The van der Waals surface area contributed by atoms with Crippen LogP contribution >= 0.6 is 0 Å². The molecule has 1 saturated heterocycles. The van der Waals surface area contributed by atoms with Crippen LogP contribution in [0.2, 0.25) is 0 Å². The van der Waals surface area contributed by atoms with Crippen molar-refractivity contribution in [3.63, 3.8) is 0 Å². The fourth-order valence-electron chi connectivity index (χ4n) is 4.74. The van der Waals surface area contributed by atoms with E-state index in [4.69, 9.17) is 9.47 Å². The summed E-state index contributed by atoms with van der Waals surface area (Å²) >= 11 is 0. The molecule has 1 unspecified atom stereocenters. The molecule has 1 atom stereocenters. The second kappa shape index (κ2) is 7.77. The van der Waals surface area contributed by atoms with Gasteiger partial charge in [-0.2, -0.15) is 5.10 Å². The van der Waals surface area contributed by atoms with Crippen molar-refractivity contribution in [3.8, 4) is 23.0 Å². The normalized spacial score (nSPS) is 17.1. The van der Waals surface area contributed by atoms with Crippen LogP contribution in [0.15, 0.2) is 59.9 Å². The third-order valence-electron chi connectivity index (χ3n) is 6.24. The smallest absolute Gasteiger partial charge is 0.272 e. The van der Waals surface area contributed by atoms with Gasteiger partial charge in [0.1, 0.15) is 5.69 Å². The molecular formula is C24H22N6O3. The molecule has 2 aromatic carbocycles. The fraction of sp³-hybridized carbons (Fsp3) is 0.250. The highest BCUT2D eigenvalue weighted by Crippen LogP contribution is 2.41. The molecule has 0 aliphatic carbocycles. The predicted octanol–water partition coefficient (Wildman–Crippen LogP) is 3.44. The van der Waals surface area contributed by atoms with Crippen LogP contribution in [0, 0.1) is 0 Å². The van der Waals surface area contributed by atoms with Crippen LogP contribution in [-0.4, -0.2) is 38.3 Å². The minimum absolute atomic E-state index is 0.139. The average molecular weight is 442 g/mol. The Balaban J connectivity index is 1.45. The molecule has 4 heterocycles. The van der Waals surface area contributed by atoms with E-state index in [1.807, 2.05) is 34.9 Å². The number of allylic oxidation sites excluding steroid dienone is 1. The van der Waals surface area contributed by atoms with E-state index in [0.717, 1.165) is 47.8 Å². The van der Waals surface area contributed by atoms with Crippen molar-refractivity contribution < 1.29 is 9.47 Å². The van der Waals surface area contributed by atoms with E-state index in [1.54, 1.807) is 6.07 Å². The van der Waals surface area contributed by atoms with E-state index in [2.05, 4.69) is 44.0 Å². The lowest BCUT2D eigenvalue weighted by molar-refractivity contribution is 0.174. The maximum atomic E-state index is 12.3. The minimum Gasteiger partial charge on any atom is -0.454 e. The number of anilines is 1. The van der Waals surface area contributed by atoms with Crippen LogP contribution < -0.4 is 19.9 Å². The molecule has 0 amide bonds. The lowest BCUT2D eigenvalue weighted by Crippen LogP contribution is -2.26. The lowest BCUT2D eigenvalue weighted by atomic mass is 10.0. The molecule has 2 aromatic heterocycles. The SMILES string of the molecule is C=CCn1c(-c2n[nH]c(=O)c3ccccc23)nnc1N1CCCC1c1ccc2c(c1)OCO2. The number of fused-ring (bicyclic) bond motifs is 2. The number of nitrogens with zero attached hydrogens (tertiary/aromatic N) is 5. The predicted molar refractivity (Wildman–Crippen MR) is 123 cm³/mol. The maximum absolute atomic E-state index is 12.3. The van der Waals surface area contributed by atoms with Gasteiger partial charge in [-0.15, -0.1) is 16.8 Å². The fourth-order valence-corrected chi connectivity index (χ4v) is 4.74. The first-order chi connectivity index (χ1) is 16.2. The first kappa shape index (κ1) is 19.5. The Hall–Kier alpha value is -4.14. The summed E-state index contributed by atoms with van der Waals surface area (Å²) in [6.45, 7) is 5.55. The summed E-state index contributed by atoms with van der Waals surface area (Å²) in [7, 11) is 0. The standard InChI is InChI=1S/C24H22N6O3/c1-2-11-30-22(21-16-6-3-4-7-17(16)23(31)27-25-21)26-28-24(30)29-12-5-8-18(29)15-9-10-19-20(13-15)33-14-32-19/h2-4,6-7,9-10,13,18H,1,5,8,11-12,14H2,(H,27,31). The Morgan fingerprint density at radius 1 is 1.12 bits per heavy atom. The van der Waals surface area contributed by atoms with Gasteiger partial charge >= 0.3 is 0 Å². The summed E-state index contributed by atoms with van der Waals surface area (Å²) in [5, 5.41) is 17.3. The monoisotopic (exact) mass is 442 g/mol. The number of hydrogen-bond donors (Lipinski definition) is 1. The summed E-state index contributed by atoms with van der Waals surface area (Å²) in [5.41, 5.74) is 1.51. The first-order valence-electron chi connectivity index (χ1n) is 10.9. The summed E-state index contributed by atoms with van der Waals surface area (Å²) in [6, 6.07) is 13.6. The van der Waals surface area contributed by atoms with Crippen LogP contribution in [0.1, 0.15) is 24.4 Å². The largest absolute Gasteiger partial charge is 0.454 e. The van der Waals surface area contributed by atoms with Gasteiger partial charge in [0.15, 0.2) is 17.3 Å². The van der Waals surface area contributed by atoms with Gasteiger partial charge < -0.3 is 14.4 Å². The van der Waals surface area contributed by atoms with Gasteiger partial charge in [0.25, 0.3) is 5.56 Å². The third kappa shape index (κ3) is 3.15. The van der Waals surface area contributed by atoms with E-state index in [0.29, 0.717) is 23.4 Å². The number of rotatable bonds is 5. The van der Waals surface area contributed by atoms with Crippen molar-refractivity contribution >= 4 is 16.7 Å². The number of H-pyrrole nitrogens is 1. The van der Waals surface area contributed by atoms with Crippen molar-refractivity contribution in [2.75, 3.05) is 18.2 Å². The molecule has 1 N–H and O–H groups in total. The number of aromatic nitrogens is 5. The Kier molecular flexibility index (Phi) is 4.60. The molecule has 0 spiro atoms. The molecule has 4 aromatic rings. The molecular weight excluding hydrogens is 420 g/mol. The van der Waals surface area contributed by atoms with Gasteiger partial charge in [-0.1, -0.05) is 30.3 Å².